The second kappa shape index (κ2) is 8.85. The lowest BCUT2D eigenvalue weighted by Crippen LogP contribution is -2.24. The third kappa shape index (κ3) is 5.08. The van der Waals surface area contributed by atoms with Gasteiger partial charge in [0.05, 0.1) is 7.11 Å². The van der Waals surface area contributed by atoms with Crippen LogP contribution in [-0.2, 0) is 14.8 Å². The molecule has 0 aliphatic rings. The van der Waals surface area contributed by atoms with E-state index in [0.717, 1.165) is 4.31 Å². The second-order valence-corrected chi connectivity index (χ2v) is 8.19. The van der Waals surface area contributed by atoms with Crippen LogP contribution in [0.3, 0.4) is 0 Å². The zero-order valence-corrected chi connectivity index (χ0v) is 16.9. The highest BCUT2D eigenvalue weighted by Crippen LogP contribution is 2.28. The molecule has 0 atom stereocenters. The van der Waals surface area contributed by atoms with Crippen molar-refractivity contribution in [1.82, 2.24) is 4.31 Å². The molecule has 0 aliphatic carbocycles. The molecule has 8 nitrogen and oxygen atoms in total. The van der Waals surface area contributed by atoms with Gasteiger partial charge in [-0.15, -0.1) is 0 Å². The normalized spacial score (nSPS) is 11.2. The number of carbonyl (C=O) groups is 2. The van der Waals surface area contributed by atoms with Gasteiger partial charge in [0.2, 0.25) is 10.0 Å². The quantitative estimate of drug-likeness (QED) is 0.674. The van der Waals surface area contributed by atoms with Crippen LogP contribution < -0.4 is 14.8 Å². The van der Waals surface area contributed by atoms with Gasteiger partial charge in [0, 0.05) is 25.3 Å². The van der Waals surface area contributed by atoms with Gasteiger partial charge in [-0.25, -0.2) is 12.7 Å². The molecule has 0 fully saturated rings. The minimum atomic E-state index is -3.75. The van der Waals surface area contributed by atoms with Crippen molar-refractivity contribution in [3.05, 3.63) is 48.0 Å². The highest BCUT2D eigenvalue weighted by Gasteiger charge is 2.23. The van der Waals surface area contributed by atoms with Crippen molar-refractivity contribution < 1.29 is 27.5 Å². The van der Waals surface area contributed by atoms with Crippen LogP contribution in [0.15, 0.2) is 47.4 Å². The lowest BCUT2D eigenvalue weighted by Gasteiger charge is -2.16. The molecule has 0 aliphatic heterocycles. The standard InChI is InChI=1S/C19H22N2O6S/c1-13(22)14-6-5-7-16(10-14)27-12-19(23)20-15-8-9-17(26-4)18(11-15)28(24,25)21(2)3/h5-11H,12H2,1-4H3,(H,20,23). The maximum atomic E-state index is 12.4. The summed E-state index contributed by atoms with van der Waals surface area (Å²) in [6.07, 6.45) is 0. The summed E-state index contributed by atoms with van der Waals surface area (Å²) >= 11 is 0. The van der Waals surface area contributed by atoms with Crippen LogP contribution in [0.25, 0.3) is 0 Å². The van der Waals surface area contributed by atoms with Gasteiger partial charge in [-0.1, -0.05) is 12.1 Å². The van der Waals surface area contributed by atoms with Gasteiger partial charge >= 0.3 is 0 Å². The van der Waals surface area contributed by atoms with Gasteiger partial charge in [0.25, 0.3) is 5.91 Å². The van der Waals surface area contributed by atoms with Crippen LogP contribution in [-0.4, -0.2) is 52.2 Å². The molecular formula is C19H22N2O6S. The van der Waals surface area contributed by atoms with E-state index in [4.69, 9.17) is 9.47 Å². The highest BCUT2D eigenvalue weighted by atomic mass is 32.2. The highest BCUT2D eigenvalue weighted by molar-refractivity contribution is 7.89. The Kier molecular flexibility index (Phi) is 6.76. The summed E-state index contributed by atoms with van der Waals surface area (Å²) in [5.41, 5.74) is 0.763. The summed E-state index contributed by atoms with van der Waals surface area (Å²) in [5.74, 6) is -0.0354. The lowest BCUT2D eigenvalue weighted by molar-refractivity contribution is -0.118. The fraction of sp³-hybridized carbons (Fsp3) is 0.263. The number of hydrogen-bond donors (Lipinski definition) is 1. The molecule has 1 amide bonds. The van der Waals surface area contributed by atoms with E-state index in [1.165, 1.54) is 46.3 Å². The molecule has 0 saturated heterocycles. The molecule has 0 bridgehead atoms. The monoisotopic (exact) mass is 406 g/mol. The Morgan fingerprint density at radius 2 is 1.82 bits per heavy atom. The number of hydrogen-bond acceptors (Lipinski definition) is 6. The molecule has 0 heterocycles. The molecule has 1 N–H and O–H groups in total. The van der Waals surface area contributed by atoms with Crippen LogP contribution in [0.1, 0.15) is 17.3 Å². The number of sulfonamides is 1. The third-order valence-corrected chi connectivity index (χ3v) is 5.65. The number of rotatable bonds is 8. The zero-order chi connectivity index (χ0) is 20.9. The summed E-state index contributed by atoms with van der Waals surface area (Å²) in [6, 6.07) is 10.8. The molecular weight excluding hydrogens is 384 g/mol. The van der Waals surface area contributed by atoms with Crippen molar-refractivity contribution in [1.29, 1.82) is 0 Å². The Hall–Kier alpha value is -2.91. The smallest absolute Gasteiger partial charge is 0.262 e. The molecule has 9 heteroatoms. The fourth-order valence-electron chi connectivity index (χ4n) is 2.30. The molecule has 2 aromatic rings. The molecule has 0 unspecified atom stereocenters. The summed E-state index contributed by atoms with van der Waals surface area (Å²) in [5, 5.41) is 2.58. The first-order valence-electron chi connectivity index (χ1n) is 8.29. The van der Waals surface area contributed by atoms with Gasteiger partial charge in [0.1, 0.15) is 16.4 Å². The first kappa shape index (κ1) is 21.4. The maximum Gasteiger partial charge on any atom is 0.262 e. The second-order valence-electron chi connectivity index (χ2n) is 6.07. The van der Waals surface area contributed by atoms with Crippen molar-refractivity contribution in [2.45, 2.75) is 11.8 Å². The van der Waals surface area contributed by atoms with E-state index < -0.39 is 15.9 Å². The first-order chi connectivity index (χ1) is 13.1. The summed E-state index contributed by atoms with van der Waals surface area (Å²) in [7, 11) is 0.426. The Morgan fingerprint density at radius 3 is 2.43 bits per heavy atom. The number of amides is 1. The van der Waals surface area contributed by atoms with Gasteiger partial charge in [-0.05, 0) is 37.3 Å². The van der Waals surface area contributed by atoms with Crippen LogP contribution in [0.4, 0.5) is 5.69 Å². The average molecular weight is 406 g/mol. The molecule has 0 radical (unpaired) electrons. The van der Waals surface area contributed by atoms with E-state index in [9.17, 15) is 18.0 Å². The Labute approximate surface area is 164 Å². The Morgan fingerprint density at radius 1 is 1.11 bits per heavy atom. The van der Waals surface area contributed by atoms with Crippen molar-refractivity contribution in [3.63, 3.8) is 0 Å². The largest absolute Gasteiger partial charge is 0.495 e. The van der Waals surface area contributed by atoms with Crippen molar-refractivity contribution in [2.75, 3.05) is 33.1 Å². The number of methoxy groups -OCH3 is 1. The molecule has 0 aromatic heterocycles. The first-order valence-corrected chi connectivity index (χ1v) is 9.73. The van der Waals surface area contributed by atoms with Gasteiger partial charge in [-0.3, -0.25) is 9.59 Å². The van der Waals surface area contributed by atoms with Gasteiger partial charge < -0.3 is 14.8 Å². The van der Waals surface area contributed by atoms with Crippen LogP contribution in [0, 0.1) is 0 Å². The predicted molar refractivity (Wildman–Crippen MR) is 104 cm³/mol. The number of benzene rings is 2. The van der Waals surface area contributed by atoms with E-state index in [0.29, 0.717) is 11.3 Å². The van der Waals surface area contributed by atoms with Gasteiger partial charge in [0.15, 0.2) is 12.4 Å². The van der Waals surface area contributed by atoms with Crippen molar-refractivity contribution >= 4 is 27.4 Å². The molecule has 150 valence electrons. The fourth-order valence-corrected chi connectivity index (χ4v) is 3.38. The SMILES string of the molecule is COc1ccc(NC(=O)COc2cccc(C(C)=O)c2)cc1S(=O)(=O)N(C)C. The van der Waals surface area contributed by atoms with E-state index in [2.05, 4.69) is 5.32 Å². The van der Waals surface area contributed by atoms with E-state index in [1.54, 1.807) is 24.3 Å². The molecule has 0 saturated carbocycles. The van der Waals surface area contributed by atoms with Crippen LogP contribution >= 0.6 is 0 Å². The maximum absolute atomic E-state index is 12.4. The number of anilines is 1. The van der Waals surface area contributed by atoms with Gasteiger partial charge in [-0.2, -0.15) is 0 Å². The summed E-state index contributed by atoms with van der Waals surface area (Å²) in [4.78, 5) is 23.5. The van der Waals surface area contributed by atoms with Crippen LogP contribution in [0.5, 0.6) is 11.5 Å². The average Bonchev–Trinajstić information content (AvgIpc) is 2.66. The number of Topliss-reactive ketones (excluding diaryl/α,β-unsaturated/α-hetero) is 1. The zero-order valence-electron chi connectivity index (χ0n) is 16.1. The van der Waals surface area contributed by atoms with E-state index in [1.807, 2.05) is 0 Å². The van der Waals surface area contributed by atoms with Crippen molar-refractivity contribution in [3.8, 4) is 11.5 Å². The molecule has 28 heavy (non-hydrogen) atoms. The lowest BCUT2D eigenvalue weighted by atomic mass is 10.1. The van der Waals surface area contributed by atoms with E-state index >= 15 is 0 Å². The summed E-state index contributed by atoms with van der Waals surface area (Å²) in [6.45, 7) is 1.14. The van der Waals surface area contributed by atoms with E-state index in [-0.39, 0.29) is 28.7 Å². The molecule has 2 rings (SSSR count). The number of ether oxygens (including phenoxy) is 2. The molecule has 2 aromatic carbocycles. The minimum Gasteiger partial charge on any atom is -0.495 e. The third-order valence-electron chi connectivity index (χ3n) is 3.82. The minimum absolute atomic E-state index is 0.0622. The topological polar surface area (TPSA) is 102 Å². The number of nitrogens with zero attached hydrogens (tertiary/aromatic N) is 1. The summed E-state index contributed by atoms with van der Waals surface area (Å²) < 4.78 is 36.4. The number of ketones is 1. The Balaban J connectivity index is 2.12. The number of nitrogens with one attached hydrogen (secondary N) is 1. The van der Waals surface area contributed by atoms with Crippen LogP contribution in [0.2, 0.25) is 0 Å². The predicted octanol–water partition coefficient (Wildman–Crippen LogP) is 2.17. The van der Waals surface area contributed by atoms with Crippen molar-refractivity contribution in [2.24, 2.45) is 0 Å². The molecule has 0 spiro atoms. The Bertz CT molecular complexity index is 986. The number of carbonyl (C=O) groups excluding carboxylic acids is 2.